The second-order valence-electron chi connectivity index (χ2n) is 6.62. The second-order valence-corrected chi connectivity index (χ2v) is 8.42. The predicted molar refractivity (Wildman–Crippen MR) is 127 cm³/mol. The number of furan rings is 1. The third-order valence-electron chi connectivity index (χ3n) is 4.46. The number of benzene rings is 2. The van der Waals surface area contributed by atoms with E-state index in [4.69, 9.17) is 28.2 Å². The Hall–Kier alpha value is -3.60. The number of nitrogens with one attached hydrogen (secondary N) is 2. The van der Waals surface area contributed by atoms with Crippen molar-refractivity contribution < 1.29 is 9.21 Å². The number of nitrogens with zero attached hydrogens (tertiary/aromatic N) is 4. The van der Waals surface area contributed by atoms with Crippen LogP contribution < -0.4 is 10.6 Å². The molecule has 8 nitrogen and oxygen atoms in total. The van der Waals surface area contributed by atoms with Gasteiger partial charge in [-0.1, -0.05) is 22.9 Å². The van der Waals surface area contributed by atoms with E-state index in [1.165, 1.54) is 11.3 Å². The van der Waals surface area contributed by atoms with Crippen LogP contribution in [0.2, 0.25) is 5.02 Å². The van der Waals surface area contributed by atoms with E-state index in [9.17, 15) is 4.79 Å². The molecular weight excluding hydrogens is 468 g/mol. The van der Waals surface area contributed by atoms with Crippen LogP contribution in [0.15, 0.2) is 71.4 Å². The minimum Gasteiger partial charge on any atom is -0.451 e. The van der Waals surface area contributed by atoms with Crippen molar-refractivity contribution in [2.24, 2.45) is 0 Å². The molecule has 3 aromatic heterocycles. The van der Waals surface area contributed by atoms with E-state index in [-0.39, 0.29) is 10.9 Å². The van der Waals surface area contributed by atoms with Gasteiger partial charge in [0.25, 0.3) is 5.91 Å². The maximum atomic E-state index is 12.5. The number of fused-ring (bicyclic) bond motifs is 1. The van der Waals surface area contributed by atoms with Crippen LogP contribution in [0, 0.1) is 0 Å². The fourth-order valence-electron chi connectivity index (χ4n) is 2.93. The number of carbonyl (C=O) groups is 1. The number of hydrogen-bond acceptors (Lipinski definition) is 7. The maximum Gasteiger partial charge on any atom is 0.293 e. The van der Waals surface area contributed by atoms with E-state index in [1.54, 1.807) is 35.1 Å². The Morgan fingerprint density at radius 1 is 1.03 bits per heavy atom. The van der Waals surface area contributed by atoms with Gasteiger partial charge in [0.15, 0.2) is 10.9 Å². The molecule has 11 heteroatoms. The van der Waals surface area contributed by atoms with Crippen molar-refractivity contribution in [1.82, 2.24) is 25.1 Å². The molecule has 2 N–H and O–H groups in total. The van der Waals surface area contributed by atoms with Gasteiger partial charge in [-0.05, 0) is 72.9 Å². The summed E-state index contributed by atoms with van der Waals surface area (Å²) in [6.45, 7) is 0. The lowest BCUT2D eigenvalue weighted by molar-refractivity contribution is 0.0951. The minimum absolute atomic E-state index is 0.151. The summed E-state index contributed by atoms with van der Waals surface area (Å²) in [4.78, 5) is 13.2. The average Bonchev–Trinajstić information content (AvgIpc) is 3.51. The van der Waals surface area contributed by atoms with Crippen molar-refractivity contribution in [3.63, 3.8) is 0 Å². The molecular formula is C21H13ClN6O2S2. The Kier molecular flexibility index (Phi) is 5.39. The number of halogens is 1. The Labute approximate surface area is 195 Å². The third kappa shape index (κ3) is 4.24. The first-order valence-corrected chi connectivity index (χ1v) is 10.9. The summed E-state index contributed by atoms with van der Waals surface area (Å²) in [6, 6.07) is 18.0. The fourth-order valence-corrected chi connectivity index (χ4v) is 4.09. The van der Waals surface area contributed by atoms with Gasteiger partial charge in [0.05, 0.1) is 0 Å². The molecule has 0 fully saturated rings. The largest absolute Gasteiger partial charge is 0.451 e. The normalized spacial score (nSPS) is 10.9. The van der Waals surface area contributed by atoms with Crippen molar-refractivity contribution in [3.8, 4) is 21.9 Å². The predicted octanol–water partition coefficient (Wildman–Crippen LogP) is 4.89. The molecule has 0 aliphatic carbocycles. The van der Waals surface area contributed by atoms with Gasteiger partial charge in [-0.15, -0.1) is 10.2 Å². The molecule has 0 aliphatic rings. The van der Waals surface area contributed by atoms with Gasteiger partial charge in [0.1, 0.15) is 17.1 Å². The van der Waals surface area contributed by atoms with Crippen LogP contribution in [0.1, 0.15) is 10.6 Å². The van der Waals surface area contributed by atoms with E-state index in [1.807, 2.05) is 36.4 Å². The summed E-state index contributed by atoms with van der Waals surface area (Å²) in [5, 5.41) is 19.4. The van der Waals surface area contributed by atoms with Crippen molar-refractivity contribution in [2.75, 3.05) is 5.32 Å². The van der Waals surface area contributed by atoms with Gasteiger partial charge >= 0.3 is 0 Å². The zero-order chi connectivity index (χ0) is 22.1. The zero-order valence-electron chi connectivity index (χ0n) is 16.2. The SMILES string of the molecule is O=C(NC(=S)Nc1ccc(-c2nn3cnnc3s2)cc1)c1ccc(-c2ccc(Cl)cc2)o1. The molecule has 0 bridgehead atoms. The molecule has 0 aliphatic heterocycles. The van der Waals surface area contributed by atoms with E-state index in [2.05, 4.69) is 25.9 Å². The quantitative estimate of drug-likeness (QED) is 0.353. The van der Waals surface area contributed by atoms with Crippen LogP contribution in [-0.4, -0.2) is 30.8 Å². The zero-order valence-corrected chi connectivity index (χ0v) is 18.5. The Morgan fingerprint density at radius 3 is 2.53 bits per heavy atom. The number of aromatic nitrogens is 4. The Balaban J connectivity index is 1.21. The monoisotopic (exact) mass is 480 g/mol. The lowest BCUT2D eigenvalue weighted by Crippen LogP contribution is -2.33. The van der Waals surface area contributed by atoms with Gasteiger partial charge in [-0.2, -0.15) is 9.61 Å². The molecule has 5 rings (SSSR count). The molecule has 158 valence electrons. The topological polar surface area (TPSA) is 97.4 Å². The van der Waals surface area contributed by atoms with Gasteiger partial charge in [-0.25, -0.2) is 0 Å². The van der Waals surface area contributed by atoms with Gasteiger partial charge in [0, 0.05) is 21.8 Å². The highest BCUT2D eigenvalue weighted by molar-refractivity contribution is 7.80. The van der Waals surface area contributed by atoms with E-state index in [0.717, 1.165) is 26.8 Å². The molecule has 0 radical (unpaired) electrons. The first-order chi connectivity index (χ1) is 15.5. The summed E-state index contributed by atoms with van der Waals surface area (Å²) in [6.07, 6.45) is 1.56. The number of hydrogen-bond donors (Lipinski definition) is 2. The average molecular weight is 481 g/mol. The molecule has 0 atom stereocenters. The highest BCUT2D eigenvalue weighted by Crippen LogP contribution is 2.26. The van der Waals surface area contributed by atoms with Crippen molar-refractivity contribution >= 4 is 56.8 Å². The van der Waals surface area contributed by atoms with Crippen LogP contribution in [0.3, 0.4) is 0 Å². The summed E-state index contributed by atoms with van der Waals surface area (Å²) in [5.74, 6) is 0.267. The van der Waals surface area contributed by atoms with Crippen LogP contribution >= 0.6 is 35.2 Å². The van der Waals surface area contributed by atoms with Crippen LogP contribution in [0.25, 0.3) is 26.9 Å². The molecule has 5 aromatic rings. The molecule has 2 aromatic carbocycles. The van der Waals surface area contributed by atoms with Gasteiger partial charge in [-0.3, -0.25) is 10.1 Å². The number of rotatable bonds is 4. The van der Waals surface area contributed by atoms with Gasteiger partial charge in [0.2, 0.25) is 4.96 Å². The second kappa shape index (κ2) is 8.50. The van der Waals surface area contributed by atoms with Crippen molar-refractivity contribution in [1.29, 1.82) is 0 Å². The highest BCUT2D eigenvalue weighted by atomic mass is 35.5. The molecule has 1 amide bonds. The Morgan fingerprint density at radius 2 is 1.78 bits per heavy atom. The fraction of sp³-hybridized carbons (Fsp3) is 0. The van der Waals surface area contributed by atoms with Crippen LogP contribution in [-0.2, 0) is 0 Å². The van der Waals surface area contributed by atoms with Crippen molar-refractivity contribution in [3.05, 3.63) is 77.8 Å². The summed E-state index contributed by atoms with van der Waals surface area (Å²) in [5.41, 5.74) is 2.48. The molecule has 32 heavy (non-hydrogen) atoms. The molecule has 0 saturated heterocycles. The molecule has 0 unspecified atom stereocenters. The lowest BCUT2D eigenvalue weighted by atomic mass is 10.2. The molecule has 0 spiro atoms. The number of anilines is 1. The van der Waals surface area contributed by atoms with Gasteiger partial charge < -0.3 is 9.73 Å². The number of carbonyl (C=O) groups excluding carboxylic acids is 1. The van der Waals surface area contributed by atoms with E-state index < -0.39 is 5.91 Å². The number of amides is 1. The van der Waals surface area contributed by atoms with E-state index in [0.29, 0.717) is 10.8 Å². The standard InChI is InChI=1S/C21H13ClN6O2S2/c22-14-5-1-12(2-6-14)16-9-10-17(30-16)18(29)25-20(31)24-15-7-3-13(4-8-15)19-27-28-11-23-26-21(28)32-19/h1-11H,(H2,24,25,29,31). The molecule has 3 heterocycles. The third-order valence-corrected chi connectivity index (χ3v) is 5.88. The summed E-state index contributed by atoms with van der Waals surface area (Å²) < 4.78 is 7.27. The summed E-state index contributed by atoms with van der Waals surface area (Å²) >= 11 is 12.6. The highest BCUT2D eigenvalue weighted by Gasteiger charge is 2.14. The minimum atomic E-state index is -0.445. The lowest BCUT2D eigenvalue weighted by Gasteiger charge is -2.09. The van der Waals surface area contributed by atoms with Crippen molar-refractivity contribution in [2.45, 2.75) is 0 Å². The number of thiocarbonyl (C=S) groups is 1. The van der Waals surface area contributed by atoms with Crippen LogP contribution in [0.5, 0.6) is 0 Å². The summed E-state index contributed by atoms with van der Waals surface area (Å²) in [7, 11) is 0. The van der Waals surface area contributed by atoms with Crippen LogP contribution in [0.4, 0.5) is 5.69 Å². The maximum absolute atomic E-state index is 12.5. The van der Waals surface area contributed by atoms with E-state index >= 15 is 0 Å². The molecule has 0 saturated carbocycles. The Bertz CT molecular complexity index is 1390. The first kappa shape index (κ1) is 20.3. The smallest absolute Gasteiger partial charge is 0.293 e. The first-order valence-electron chi connectivity index (χ1n) is 9.30.